The fraction of sp³-hybridized carbons (Fsp3) is 0.429. The zero-order valence-corrected chi connectivity index (χ0v) is 30.1. The number of hydrogen-bond donors (Lipinski definition) is 0. The van der Waals surface area contributed by atoms with E-state index < -0.39 is 12.1 Å². The second-order valence-electron chi connectivity index (χ2n) is 12.5. The van der Waals surface area contributed by atoms with Crippen LogP contribution in [0.15, 0.2) is 89.6 Å². The first kappa shape index (κ1) is 38.6. The third-order valence-corrected chi connectivity index (χ3v) is 9.12. The smallest absolute Gasteiger partial charge is 0.343 e. The number of rotatable bonds is 24. The van der Waals surface area contributed by atoms with Gasteiger partial charge in [0.25, 0.3) is 0 Å². The Bertz CT molecular complexity index is 1500. The summed E-state index contributed by atoms with van der Waals surface area (Å²) in [6.45, 7) is 3.34. The van der Waals surface area contributed by atoms with Gasteiger partial charge in [0, 0.05) is 5.38 Å². The van der Waals surface area contributed by atoms with Crippen molar-refractivity contribution in [3.63, 3.8) is 0 Å². The van der Waals surface area contributed by atoms with Gasteiger partial charge in [0.1, 0.15) is 30.0 Å². The van der Waals surface area contributed by atoms with Gasteiger partial charge in [-0.15, -0.1) is 0 Å². The van der Waals surface area contributed by atoms with Gasteiger partial charge in [-0.05, 0) is 90.4 Å². The molecule has 0 amide bonds. The van der Waals surface area contributed by atoms with E-state index in [1.54, 1.807) is 42.5 Å². The Kier molecular flexibility index (Phi) is 17.4. The predicted octanol–water partition coefficient (Wildman–Crippen LogP) is 11.7. The minimum atomic E-state index is -0.992. The zero-order chi connectivity index (χ0) is 35.2. The van der Waals surface area contributed by atoms with Crippen LogP contribution < -0.4 is 14.2 Å². The summed E-state index contributed by atoms with van der Waals surface area (Å²) in [6, 6.07) is 23.8. The molecule has 3 aromatic carbocycles. The van der Waals surface area contributed by atoms with Crippen LogP contribution in [-0.2, 0) is 4.74 Å². The molecule has 1 aromatic heterocycles. The van der Waals surface area contributed by atoms with E-state index >= 15 is 0 Å². The lowest BCUT2D eigenvalue weighted by Gasteiger charge is -2.11. The van der Waals surface area contributed by atoms with Gasteiger partial charge in [-0.25, -0.2) is 14.0 Å². The van der Waals surface area contributed by atoms with Crippen LogP contribution in [0.5, 0.6) is 17.2 Å². The maximum Gasteiger partial charge on any atom is 0.343 e. The molecule has 268 valence electrons. The minimum Gasteiger partial charge on any atom is -0.494 e. The number of hydrogen-bond acceptors (Lipinski definition) is 7. The van der Waals surface area contributed by atoms with Crippen LogP contribution in [0.3, 0.4) is 0 Å². The van der Waals surface area contributed by atoms with Gasteiger partial charge in [0.15, 0.2) is 0 Å². The molecule has 6 nitrogen and oxygen atoms in total. The molecule has 0 saturated heterocycles. The molecule has 0 aliphatic heterocycles. The van der Waals surface area contributed by atoms with Gasteiger partial charge in [-0.1, -0.05) is 95.4 Å². The molecule has 1 atom stereocenters. The third kappa shape index (κ3) is 14.4. The van der Waals surface area contributed by atoms with E-state index in [2.05, 4.69) is 6.92 Å². The molecule has 0 aliphatic carbocycles. The number of carbonyl (C=O) groups excluding carboxylic acids is 2. The highest BCUT2D eigenvalue weighted by molar-refractivity contribution is 7.08. The Morgan fingerprint density at radius 2 is 1.16 bits per heavy atom. The second kappa shape index (κ2) is 22.5. The normalized spacial score (nSPS) is 11.6. The summed E-state index contributed by atoms with van der Waals surface area (Å²) in [7, 11) is 0. The fourth-order valence-corrected chi connectivity index (χ4v) is 6.08. The minimum absolute atomic E-state index is 0.0149. The van der Waals surface area contributed by atoms with Crippen molar-refractivity contribution < 1.29 is 32.9 Å². The van der Waals surface area contributed by atoms with Crippen LogP contribution in [-0.4, -0.2) is 37.9 Å². The highest BCUT2D eigenvalue weighted by Gasteiger charge is 2.12. The predicted molar refractivity (Wildman–Crippen MR) is 199 cm³/mol. The Morgan fingerprint density at radius 3 is 1.78 bits per heavy atom. The van der Waals surface area contributed by atoms with Gasteiger partial charge in [-0.2, -0.15) is 11.3 Å². The van der Waals surface area contributed by atoms with E-state index in [9.17, 15) is 14.0 Å². The number of ether oxygens (including phenoxy) is 4. The van der Waals surface area contributed by atoms with Gasteiger partial charge in [0.2, 0.25) is 0 Å². The van der Waals surface area contributed by atoms with Crippen LogP contribution in [0, 0.1) is 0 Å². The van der Waals surface area contributed by atoms with Gasteiger partial charge < -0.3 is 18.9 Å². The van der Waals surface area contributed by atoms with E-state index in [4.69, 9.17) is 18.9 Å². The molecule has 1 heterocycles. The first-order chi connectivity index (χ1) is 24.5. The lowest BCUT2D eigenvalue weighted by atomic mass is 10.1. The summed E-state index contributed by atoms with van der Waals surface area (Å²) in [6.07, 6.45) is 12.7. The molecule has 4 rings (SSSR count). The number of halogens is 1. The molecule has 0 radical (unpaired) electrons. The zero-order valence-electron chi connectivity index (χ0n) is 29.3. The molecule has 0 N–H and O–H groups in total. The molecule has 4 aromatic rings. The van der Waals surface area contributed by atoms with Crippen molar-refractivity contribution in [2.24, 2.45) is 0 Å². The fourth-order valence-electron chi connectivity index (χ4n) is 5.46. The summed E-state index contributed by atoms with van der Waals surface area (Å²) < 4.78 is 36.4. The van der Waals surface area contributed by atoms with Crippen molar-refractivity contribution in [2.45, 2.75) is 96.6 Å². The van der Waals surface area contributed by atoms with Crippen LogP contribution in [0.2, 0.25) is 0 Å². The maximum absolute atomic E-state index is 14.1. The molecule has 0 aliphatic rings. The summed E-state index contributed by atoms with van der Waals surface area (Å²) in [5, 5.41) is 3.70. The molecular formula is C42H51FO6S. The largest absolute Gasteiger partial charge is 0.494 e. The molecule has 50 heavy (non-hydrogen) atoms. The van der Waals surface area contributed by atoms with E-state index in [-0.39, 0.29) is 12.6 Å². The molecule has 0 fully saturated rings. The monoisotopic (exact) mass is 702 g/mol. The summed E-state index contributed by atoms with van der Waals surface area (Å²) in [5.41, 5.74) is 3.09. The van der Waals surface area contributed by atoms with Crippen molar-refractivity contribution in [2.75, 3.05) is 19.8 Å². The number of carbonyl (C=O) groups is 2. The van der Waals surface area contributed by atoms with Crippen molar-refractivity contribution in [3.8, 4) is 28.4 Å². The lowest BCUT2D eigenvalue weighted by molar-refractivity contribution is 0.0498. The van der Waals surface area contributed by atoms with E-state index in [0.29, 0.717) is 42.3 Å². The van der Waals surface area contributed by atoms with Crippen molar-refractivity contribution >= 4 is 23.3 Å². The Labute approximate surface area is 300 Å². The lowest BCUT2D eigenvalue weighted by Crippen LogP contribution is -2.13. The molecular weight excluding hydrogens is 652 g/mol. The highest BCUT2D eigenvalue weighted by atomic mass is 32.1. The van der Waals surface area contributed by atoms with Crippen LogP contribution in [0.1, 0.15) is 111 Å². The van der Waals surface area contributed by atoms with Gasteiger partial charge >= 0.3 is 11.9 Å². The summed E-state index contributed by atoms with van der Waals surface area (Å²) in [4.78, 5) is 24.5. The first-order valence-corrected chi connectivity index (χ1v) is 19.1. The average molecular weight is 703 g/mol. The third-order valence-electron chi connectivity index (χ3n) is 8.44. The van der Waals surface area contributed by atoms with Crippen molar-refractivity contribution in [3.05, 3.63) is 101 Å². The number of esters is 2. The Morgan fingerprint density at radius 1 is 0.600 bits per heavy atom. The van der Waals surface area contributed by atoms with E-state index in [1.807, 2.05) is 47.2 Å². The quantitative estimate of drug-likeness (QED) is 0.0411. The number of benzene rings is 3. The molecule has 1 unspecified atom stereocenters. The Balaban J connectivity index is 1.05. The number of thiophene rings is 1. The standard InChI is InChI=1S/C42H51FO6S/c1-2-3-4-11-14-37(43)31-48-39-23-19-35(20-24-39)42(45)49-40-25-17-34(18-26-40)33-15-21-38(22-16-33)46-28-12-9-7-5-6-8-10-13-29-47-41(44)36-27-30-50-32-36/h15-27,30,32,37H,2-14,28-29,31H2,1H3. The number of unbranched alkanes of at least 4 members (excludes halogenated alkanes) is 10. The first-order valence-electron chi connectivity index (χ1n) is 18.1. The SMILES string of the molecule is CCCCCCC(F)COc1ccc(C(=O)Oc2ccc(-c3ccc(OCCCCCCCCCCOC(=O)c4ccsc4)cc3)cc2)cc1. The maximum atomic E-state index is 14.1. The van der Waals surface area contributed by atoms with Crippen LogP contribution >= 0.6 is 11.3 Å². The van der Waals surface area contributed by atoms with E-state index in [1.165, 1.54) is 37.0 Å². The highest BCUT2D eigenvalue weighted by Crippen LogP contribution is 2.26. The van der Waals surface area contributed by atoms with Crippen LogP contribution in [0.4, 0.5) is 4.39 Å². The summed E-state index contributed by atoms with van der Waals surface area (Å²) in [5.74, 6) is 1.15. The van der Waals surface area contributed by atoms with E-state index in [0.717, 1.165) is 68.2 Å². The Hall–Kier alpha value is -4.17. The molecule has 0 saturated carbocycles. The molecule has 0 spiro atoms. The second-order valence-corrected chi connectivity index (χ2v) is 13.3. The topological polar surface area (TPSA) is 71.1 Å². The van der Waals surface area contributed by atoms with Crippen molar-refractivity contribution in [1.82, 2.24) is 0 Å². The average Bonchev–Trinajstić information content (AvgIpc) is 3.69. The molecule has 0 bridgehead atoms. The van der Waals surface area contributed by atoms with Gasteiger partial charge in [0.05, 0.1) is 24.3 Å². The van der Waals surface area contributed by atoms with Crippen molar-refractivity contribution in [1.29, 1.82) is 0 Å². The van der Waals surface area contributed by atoms with Gasteiger partial charge in [-0.3, -0.25) is 0 Å². The summed E-state index contributed by atoms with van der Waals surface area (Å²) >= 11 is 1.50. The van der Waals surface area contributed by atoms with Crippen LogP contribution in [0.25, 0.3) is 11.1 Å². The number of alkyl halides is 1. The molecule has 8 heteroatoms.